The molecule has 1 saturated carbocycles. The number of imide groups is 1. The smallest absolute Gasteiger partial charge is 0.330 e. The fourth-order valence-electron chi connectivity index (χ4n) is 3.88. The van der Waals surface area contributed by atoms with Crippen LogP contribution in [-0.2, 0) is 24.2 Å². The van der Waals surface area contributed by atoms with Crippen LogP contribution in [0.15, 0.2) is 18.2 Å². The van der Waals surface area contributed by atoms with Gasteiger partial charge in [0, 0.05) is 6.54 Å². The summed E-state index contributed by atoms with van der Waals surface area (Å²) in [5.41, 5.74) is 5.85. The molecule has 1 heterocycles. The first kappa shape index (κ1) is 27.9. The molecule has 200 valence electrons. The number of rotatable bonds is 15. The average molecular weight is 528 g/mol. The summed E-state index contributed by atoms with van der Waals surface area (Å²) in [7, 11) is -3.35. The molecule has 1 saturated heterocycles. The Balaban J connectivity index is 1.38. The van der Waals surface area contributed by atoms with Crippen molar-refractivity contribution < 1.29 is 36.7 Å². The summed E-state index contributed by atoms with van der Waals surface area (Å²) in [4.78, 5) is 37.6. The van der Waals surface area contributed by atoms with E-state index in [4.69, 9.17) is 15.2 Å². The van der Waals surface area contributed by atoms with E-state index in [0.29, 0.717) is 43.9 Å². The molecule has 1 aromatic carbocycles. The molecule has 1 aliphatic carbocycles. The van der Waals surface area contributed by atoms with E-state index >= 15 is 0 Å². The highest BCUT2D eigenvalue weighted by molar-refractivity contribution is 7.91. The van der Waals surface area contributed by atoms with Gasteiger partial charge in [0.05, 0.1) is 24.7 Å². The van der Waals surface area contributed by atoms with Crippen molar-refractivity contribution in [2.24, 2.45) is 11.7 Å². The molecule has 1 atom stereocenters. The van der Waals surface area contributed by atoms with Gasteiger partial charge in [0.25, 0.3) is 5.91 Å². The van der Waals surface area contributed by atoms with E-state index in [9.17, 15) is 27.2 Å². The number of benzene rings is 1. The van der Waals surface area contributed by atoms with Crippen LogP contribution in [0.4, 0.5) is 9.18 Å². The van der Waals surface area contributed by atoms with Gasteiger partial charge in [-0.25, -0.2) is 22.5 Å². The fourth-order valence-corrected chi connectivity index (χ4v) is 5.65. The maximum atomic E-state index is 14.0. The monoisotopic (exact) mass is 527 g/mol. The van der Waals surface area contributed by atoms with Crippen molar-refractivity contribution in [3.63, 3.8) is 0 Å². The minimum atomic E-state index is -3.35. The van der Waals surface area contributed by atoms with E-state index in [-0.39, 0.29) is 36.3 Å². The highest BCUT2D eigenvalue weighted by Gasteiger charge is 2.36. The van der Waals surface area contributed by atoms with Gasteiger partial charge in [-0.2, -0.15) is 0 Å². The Labute approximate surface area is 210 Å². The summed E-state index contributed by atoms with van der Waals surface area (Å²) < 4.78 is 49.6. The molecule has 2 N–H and O–H groups in total. The average Bonchev–Trinajstić information content (AvgIpc) is 3.62. The number of nitrogens with zero attached hydrogens (tertiary/aromatic N) is 2. The van der Waals surface area contributed by atoms with Gasteiger partial charge in [0.15, 0.2) is 28.1 Å². The number of ether oxygens (including phenoxy) is 2. The molecule has 36 heavy (non-hydrogen) atoms. The zero-order valence-electron chi connectivity index (χ0n) is 20.5. The Morgan fingerprint density at radius 1 is 1.22 bits per heavy atom. The lowest BCUT2D eigenvalue weighted by molar-refractivity contribution is -0.147. The SMILES string of the molecule is C[C@@H](CS(=O)(=O)CCCCCN1CC(=O)N(COC(=O)CN)C1=O)c1ccc(F)c(OCC2CC2)c1. The van der Waals surface area contributed by atoms with Crippen molar-refractivity contribution in [2.45, 2.75) is 44.9 Å². The third-order valence-electron chi connectivity index (χ3n) is 6.23. The maximum absolute atomic E-state index is 14.0. The molecule has 3 rings (SSSR count). The van der Waals surface area contributed by atoms with Gasteiger partial charge in [-0.15, -0.1) is 0 Å². The van der Waals surface area contributed by atoms with Crippen LogP contribution in [0.5, 0.6) is 5.75 Å². The number of esters is 1. The molecule has 0 bridgehead atoms. The molecular weight excluding hydrogens is 493 g/mol. The second-order valence-electron chi connectivity index (χ2n) is 9.40. The van der Waals surface area contributed by atoms with Gasteiger partial charge in [-0.3, -0.25) is 9.59 Å². The van der Waals surface area contributed by atoms with Crippen LogP contribution in [-0.4, -0.2) is 80.6 Å². The van der Waals surface area contributed by atoms with Gasteiger partial charge in [-0.1, -0.05) is 19.4 Å². The van der Waals surface area contributed by atoms with Gasteiger partial charge in [-0.05, 0) is 55.2 Å². The molecule has 1 aliphatic heterocycles. The summed E-state index contributed by atoms with van der Waals surface area (Å²) in [6, 6.07) is 3.95. The fraction of sp³-hybridized carbons (Fsp3) is 0.625. The van der Waals surface area contributed by atoms with Crippen LogP contribution >= 0.6 is 0 Å². The summed E-state index contributed by atoms with van der Waals surface area (Å²) in [5.74, 6) is -1.37. The highest BCUT2D eigenvalue weighted by atomic mass is 32.2. The Hall–Kier alpha value is -2.73. The normalized spacial score (nSPS) is 17.0. The minimum Gasteiger partial charge on any atom is -0.490 e. The number of carbonyl (C=O) groups is 3. The number of urea groups is 1. The van der Waals surface area contributed by atoms with Crippen molar-refractivity contribution in [3.8, 4) is 5.75 Å². The number of nitrogens with two attached hydrogens (primary N) is 1. The summed E-state index contributed by atoms with van der Waals surface area (Å²) in [6.45, 7) is 1.64. The summed E-state index contributed by atoms with van der Waals surface area (Å²) in [6.07, 6.45) is 3.69. The van der Waals surface area contributed by atoms with Gasteiger partial charge < -0.3 is 20.1 Å². The lowest BCUT2D eigenvalue weighted by Crippen LogP contribution is -2.36. The molecule has 2 aliphatic rings. The zero-order chi connectivity index (χ0) is 26.3. The van der Waals surface area contributed by atoms with Crippen LogP contribution in [0, 0.1) is 11.7 Å². The molecule has 3 amide bonds. The quantitative estimate of drug-likeness (QED) is 0.208. The Kier molecular flexibility index (Phi) is 9.66. The molecular formula is C24H34FN3O7S. The largest absolute Gasteiger partial charge is 0.490 e. The highest BCUT2D eigenvalue weighted by Crippen LogP contribution is 2.31. The van der Waals surface area contributed by atoms with Gasteiger partial charge in [0.2, 0.25) is 0 Å². The second-order valence-corrected chi connectivity index (χ2v) is 11.6. The molecule has 0 aromatic heterocycles. The lowest BCUT2D eigenvalue weighted by Gasteiger charge is -2.17. The second kappa shape index (κ2) is 12.5. The Bertz CT molecular complexity index is 1060. The summed E-state index contributed by atoms with van der Waals surface area (Å²) >= 11 is 0. The van der Waals surface area contributed by atoms with E-state index in [1.54, 1.807) is 19.1 Å². The molecule has 10 nitrogen and oxygen atoms in total. The van der Waals surface area contributed by atoms with Gasteiger partial charge >= 0.3 is 12.0 Å². The number of halogens is 1. The number of carbonyl (C=O) groups excluding carboxylic acids is 3. The van der Waals surface area contributed by atoms with E-state index in [1.807, 2.05) is 0 Å². The predicted molar refractivity (Wildman–Crippen MR) is 129 cm³/mol. The molecule has 1 aromatic rings. The number of amides is 3. The van der Waals surface area contributed by atoms with Crippen molar-refractivity contribution in [2.75, 3.05) is 44.5 Å². The zero-order valence-corrected chi connectivity index (χ0v) is 21.3. The first-order chi connectivity index (χ1) is 17.1. The van der Waals surface area contributed by atoms with Crippen LogP contribution in [0.3, 0.4) is 0 Å². The minimum absolute atomic E-state index is 0.00237. The molecule has 2 fully saturated rings. The van der Waals surface area contributed by atoms with Crippen LogP contribution in [0.1, 0.15) is 50.5 Å². The maximum Gasteiger partial charge on any atom is 0.330 e. The molecule has 0 radical (unpaired) electrons. The standard InChI is InChI=1S/C24H34FN3O7S/c1-17(19-7-8-20(25)21(11-19)34-14-18-5-6-18)15-36(32,33)10-4-2-3-9-27-13-22(29)28(24(27)31)16-35-23(30)12-26/h7-8,11,17-18H,2-6,9-10,12-16,26H2,1H3/t17-/m0/s1. The van der Waals surface area contributed by atoms with Crippen LogP contribution in [0.25, 0.3) is 0 Å². The number of hydrogen-bond acceptors (Lipinski definition) is 8. The van der Waals surface area contributed by atoms with Crippen molar-refractivity contribution in [1.82, 2.24) is 9.80 Å². The topological polar surface area (TPSA) is 136 Å². The van der Waals surface area contributed by atoms with E-state index in [2.05, 4.69) is 0 Å². The van der Waals surface area contributed by atoms with E-state index < -0.39 is 40.3 Å². The number of sulfone groups is 1. The van der Waals surface area contributed by atoms with Crippen molar-refractivity contribution in [3.05, 3.63) is 29.6 Å². The van der Waals surface area contributed by atoms with Gasteiger partial charge in [0.1, 0.15) is 6.54 Å². The Morgan fingerprint density at radius 3 is 2.67 bits per heavy atom. The van der Waals surface area contributed by atoms with Crippen LogP contribution in [0.2, 0.25) is 0 Å². The third kappa shape index (κ3) is 8.16. The van der Waals surface area contributed by atoms with Crippen LogP contribution < -0.4 is 10.5 Å². The van der Waals surface area contributed by atoms with E-state index in [0.717, 1.165) is 17.7 Å². The summed E-state index contributed by atoms with van der Waals surface area (Å²) in [5, 5.41) is 0. The first-order valence-corrected chi connectivity index (χ1v) is 14.0. The lowest BCUT2D eigenvalue weighted by atomic mass is 10.0. The molecule has 12 heteroatoms. The first-order valence-electron chi connectivity index (χ1n) is 12.2. The number of unbranched alkanes of at least 4 members (excludes halogenated alkanes) is 2. The van der Waals surface area contributed by atoms with Crippen molar-refractivity contribution >= 4 is 27.7 Å². The van der Waals surface area contributed by atoms with E-state index in [1.165, 1.54) is 11.0 Å². The predicted octanol–water partition coefficient (Wildman–Crippen LogP) is 2.03. The number of hydrogen-bond donors (Lipinski definition) is 1. The third-order valence-corrected chi connectivity index (χ3v) is 8.15. The molecule has 0 unspecified atom stereocenters. The molecule has 0 spiro atoms. The Morgan fingerprint density at radius 2 is 1.97 bits per heavy atom. The van der Waals surface area contributed by atoms with Crippen molar-refractivity contribution in [1.29, 1.82) is 0 Å².